The minimum Gasteiger partial charge on any atom is -0.275 e. The second-order valence-electron chi connectivity index (χ2n) is 3.14. The number of rotatable bonds is 2. The van der Waals surface area contributed by atoms with Gasteiger partial charge in [-0.15, -0.1) is 0 Å². The zero-order valence-electron chi connectivity index (χ0n) is 8.31. The molecule has 0 atom stereocenters. The van der Waals surface area contributed by atoms with Crippen LogP contribution in [0.15, 0.2) is 24.8 Å². The summed E-state index contributed by atoms with van der Waals surface area (Å²) in [4.78, 5) is 8.47. The van der Waals surface area contributed by atoms with E-state index in [1.54, 1.807) is 4.68 Å². The minimum atomic E-state index is 0.868. The van der Waals surface area contributed by atoms with Crippen molar-refractivity contribution in [2.75, 3.05) is 0 Å². The highest BCUT2D eigenvalue weighted by atomic mass is 15.2. The molecule has 14 heavy (non-hydrogen) atoms. The Morgan fingerprint density at radius 3 is 2.36 bits per heavy atom. The van der Waals surface area contributed by atoms with Crippen molar-refractivity contribution in [3.05, 3.63) is 30.6 Å². The number of aryl methyl sites for hydroxylation is 2. The monoisotopic (exact) mass is 188 g/mol. The van der Waals surface area contributed by atoms with Gasteiger partial charge in [-0.05, 0) is 0 Å². The molecule has 72 valence electrons. The maximum atomic E-state index is 4.23. The normalized spacial score (nSPS) is 10.4. The Labute approximate surface area is 82.6 Å². The first-order chi connectivity index (χ1) is 6.79. The lowest BCUT2D eigenvalue weighted by Gasteiger charge is -1.97. The first-order valence-corrected chi connectivity index (χ1v) is 4.59. The molecule has 0 aromatic carbocycles. The Morgan fingerprint density at radius 2 is 1.86 bits per heavy atom. The standard InChI is InChI=1S/C10H12N4/c1-3-10-11-4-8(5-12-10)9-6-13-14(2)7-9/h4-7H,3H2,1-2H3. The Balaban J connectivity index is 2.33. The van der Waals surface area contributed by atoms with Crippen molar-refractivity contribution in [3.63, 3.8) is 0 Å². The zero-order chi connectivity index (χ0) is 9.97. The molecule has 0 aliphatic heterocycles. The van der Waals surface area contributed by atoms with E-state index >= 15 is 0 Å². The summed E-state index contributed by atoms with van der Waals surface area (Å²) in [5.74, 6) is 0.873. The van der Waals surface area contributed by atoms with Crippen molar-refractivity contribution in [2.24, 2.45) is 7.05 Å². The summed E-state index contributed by atoms with van der Waals surface area (Å²) in [6.45, 7) is 2.04. The molecule has 0 aliphatic carbocycles. The predicted octanol–water partition coefficient (Wildman–Crippen LogP) is 1.44. The third kappa shape index (κ3) is 1.64. The molecule has 0 unspecified atom stereocenters. The van der Waals surface area contributed by atoms with Crippen molar-refractivity contribution in [1.82, 2.24) is 19.7 Å². The summed E-state index contributed by atoms with van der Waals surface area (Å²) >= 11 is 0. The summed E-state index contributed by atoms with van der Waals surface area (Å²) < 4.78 is 1.77. The molecule has 2 heterocycles. The highest BCUT2D eigenvalue weighted by Gasteiger charge is 2.01. The van der Waals surface area contributed by atoms with Crippen LogP contribution >= 0.6 is 0 Å². The molecule has 0 amide bonds. The first-order valence-electron chi connectivity index (χ1n) is 4.59. The fourth-order valence-electron chi connectivity index (χ4n) is 1.26. The lowest BCUT2D eigenvalue weighted by Crippen LogP contribution is -1.91. The molecule has 0 aliphatic rings. The fourth-order valence-corrected chi connectivity index (χ4v) is 1.26. The average molecular weight is 188 g/mol. The van der Waals surface area contributed by atoms with Crippen LogP contribution in [0, 0.1) is 0 Å². The molecule has 0 bridgehead atoms. The third-order valence-corrected chi connectivity index (χ3v) is 2.06. The summed E-state index contributed by atoms with van der Waals surface area (Å²) in [5, 5.41) is 4.10. The molecule has 0 saturated carbocycles. The van der Waals surface area contributed by atoms with E-state index in [9.17, 15) is 0 Å². The van der Waals surface area contributed by atoms with Crippen molar-refractivity contribution in [1.29, 1.82) is 0 Å². The minimum absolute atomic E-state index is 0.868. The Kier molecular flexibility index (Phi) is 2.26. The first kappa shape index (κ1) is 8.87. The van der Waals surface area contributed by atoms with Gasteiger partial charge in [0.05, 0.1) is 6.20 Å². The molecule has 4 nitrogen and oxygen atoms in total. The number of hydrogen-bond acceptors (Lipinski definition) is 3. The highest BCUT2D eigenvalue weighted by molar-refractivity contribution is 5.59. The van der Waals surface area contributed by atoms with Crippen LogP contribution in [0.4, 0.5) is 0 Å². The van der Waals surface area contributed by atoms with Gasteiger partial charge in [-0.1, -0.05) is 6.92 Å². The van der Waals surface area contributed by atoms with Gasteiger partial charge in [0, 0.05) is 43.2 Å². The molecule has 2 aromatic rings. The molecule has 0 spiro atoms. The zero-order valence-corrected chi connectivity index (χ0v) is 8.31. The molecule has 2 rings (SSSR count). The Morgan fingerprint density at radius 1 is 1.14 bits per heavy atom. The number of nitrogens with zero attached hydrogens (tertiary/aromatic N) is 4. The third-order valence-electron chi connectivity index (χ3n) is 2.06. The van der Waals surface area contributed by atoms with E-state index in [1.807, 2.05) is 38.8 Å². The van der Waals surface area contributed by atoms with Crippen molar-refractivity contribution >= 4 is 0 Å². The van der Waals surface area contributed by atoms with Crippen LogP contribution in [0.5, 0.6) is 0 Å². The molecule has 4 heteroatoms. The lowest BCUT2D eigenvalue weighted by molar-refractivity contribution is 0.768. The highest BCUT2D eigenvalue weighted by Crippen LogP contribution is 2.15. The predicted molar refractivity (Wildman–Crippen MR) is 53.6 cm³/mol. The van der Waals surface area contributed by atoms with Crippen molar-refractivity contribution < 1.29 is 0 Å². The van der Waals surface area contributed by atoms with Gasteiger partial charge in [0.2, 0.25) is 0 Å². The smallest absolute Gasteiger partial charge is 0.127 e. The van der Waals surface area contributed by atoms with Gasteiger partial charge in [-0.3, -0.25) is 4.68 Å². The largest absolute Gasteiger partial charge is 0.275 e. The van der Waals surface area contributed by atoms with E-state index in [0.717, 1.165) is 23.4 Å². The van der Waals surface area contributed by atoms with E-state index in [4.69, 9.17) is 0 Å². The Hall–Kier alpha value is -1.71. The van der Waals surface area contributed by atoms with Gasteiger partial charge in [0.25, 0.3) is 0 Å². The van der Waals surface area contributed by atoms with Gasteiger partial charge < -0.3 is 0 Å². The average Bonchev–Trinajstić information content (AvgIpc) is 2.65. The van der Waals surface area contributed by atoms with Crippen LogP contribution in [-0.4, -0.2) is 19.7 Å². The quantitative estimate of drug-likeness (QED) is 0.716. The molecule has 0 radical (unpaired) electrons. The summed E-state index contributed by atoms with van der Waals surface area (Å²) in [6, 6.07) is 0. The van der Waals surface area contributed by atoms with Crippen molar-refractivity contribution in [2.45, 2.75) is 13.3 Å². The van der Waals surface area contributed by atoms with Gasteiger partial charge in [-0.2, -0.15) is 5.10 Å². The van der Waals surface area contributed by atoms with E-state index < -0.39 is 0 Å². The summed E-state index contributed by atoms with van der Waals surface area (Å²) in [6.07, 6.45) is 8.30. The topological polar surface area (TPSA) is 43.6 Å². The van der Waals surface area contributed by atoms with Gasteiger partial charge in [-0.25, -0.2) is 9.97 Å². The molecule has 0 N–H and O–H groups in total. The SMILES string of the molecule is CCc1ncc(-c2cnn(C)c2)cn1. The number of aromatic nitrogens is 4. The van der Waals surface area contributed by atoms with Crippen LogP contribution in [0.3, 0.4) is 0 Å². The molecule has 0 fully saturated rings. The van der Waals surface area contributed by atoms with E-state index in [-0.39, 0.29) is 0 Å². The molecule has 2 aromatic heterocycles. The fraction of sp³-hybridized carbons (Fsp3) is 0.300. The van der Waals surface area contributed by atoms with Gasteiger partial charge in [0.1, 0.15) is 5.82 Å². The molecule has 0 saturated heterocycles. The van der Waals surface area contributed by atoms with Crippen molar-refractivity contribution in [3.8, 4) is 11.1 Å². The van der Waals surface area contributed by atoms with Gasteiger partial charge in [0.15, 0.2) is 0 Å². The maximum Gasteiger partial charge on any atom is 0.127 e. The van der Waals surface area contributed by atoms with E-state index in [0.29, 0.717) is 0 Å². The summed E-state index contributed by atoms with van der Waals surface area (Å²) in [7, 11) is 1.89. The maximum absolute atomic E-state index is 4.23. The molecular formula is C10H12N4. The van der Waals surface area contributed by atoms with Crippen LogP contribution in [0.25, 0.3) is 11.1 Å². The number of hydrogen-bond donors (Lipinski definition) is 0. The van der Waals surface area contributed by atoms with Crippen LogP contribution in [0.1, 0.15) is 12.7 Å². The molecular weight excluding hydrogens is 176 g/mol. The lowest BCUT2D eigenvalue weighted by atomic mass is 10.2. The van der Waals surface area contributed by atoms with Crippen LogP contribution < -0.4 is 0 Å². The van der Waals surface area contributed by atoms with Crippen LogP contribution in [0.2, 0.25) is 0 Å². The van der Waals surface area contributed by atoms with E-state index in [1.165, 1.54) is 0 Å². The van der Waals surface area contributed by atoms with E-state index in [2.05, 4.69) is 15.1 Å². The summed E-state index contributed by atoms with van der Waals surface area (Å²) in [5.41, 5.74) is 2.06. The second-order valence-corrected chi connectivity index (χ2v) is 3.14. The van der Waals surface area contributed by atoms with Crippen LogP contribution in [-0.2, 0) is 13.5 Å². The second kappa shape index (κ2) is 3.57. The Bertz CT molecular complexity index is 416. The van der Waals surface area contributed by atoms with Gasteiger partial charge >= 0.3 is 0 Å².